The summed E-state index contributed by atoms with van der Waals surface area (Å²) in [5, 5.41) is 7.96. The molecule has 0 amide bonds. The topological polar surface area (TPSA) is 43.1 Å². The predicted molar refractivity (Wildman–Crippen MR) is 222 cm³/mol. The van der Waals surface area contributed by atoms with Gasteiger partial charge in [-0.05, 0) is 57.3 Å². The van der Waals surface area contributed by atoms with Gasteiger partial charge >= 0.3 is 0 Å². The van der Waals surface area contributed by atoms with Crippen LogP contribution in [0.15, 0.2) is 199 Å². The average Bonchev–Trinajstić information content (AvgIpc) is 3.63. The van der Waals surface area contributed by atoms with Crippen LogP contribution in [0.5, 0.6) is 0 Å². The van der Waals surface area contributed by atoms with Crippen molar-refractivity contribution < 1.29 is 8.98 Å². The van der Waals surface area contributed by atoms with Crippen LogP contribution in [0.1, 0.15) is 0 Å². The smallest absolute Gasteiger partial charge is 0.171 e. The fourth-order valence-corrected chi connectivity index (χ4v) is 10.5. The summed E-state index contributed by atoms with van der Waals surface area (Å²) in [5.74, 6) is 0. The fraction of sp³-hybridized carbons (Fsp3) is 0. The number of fused-ring (bicyclic) bond motifs is 6. The summed E-state index contributed by atoms with van der Waals surface area (Å²) in [6.07, 6.45) is 0. The minimum absolute atomic E-state index is 0.799. The van der Waals surface area contributed by atoms with Crippen LogP contribution in [-0.4, -0.2) is 4.98 Å². The molecule has 0 unspecified atom stereocenters. The van der Waals surface area contributed by atoms with E-state index in [1.807, 2.05) is 84.9 Å². The van der Waals surface area contributed by atoms with Crippen molar-refractivity contribution in [2.45, 2.75) is 0 Å². The highest BCUT2D eigenvalue weighted by molar-refractivity contribution is 7.85. The Labute approximate surface area is 307 Å². The molecule has 0 spiro atoms. The van der Waals surface area contributed by atoms with Crippen molar-refractivity contribution in [1.82, 2.24) is 4.98 Å². The third-order valence-corrected chi connectivity index (χ3v) is 13.4. The van der Waals surface area contributed by atoms with E-state index in [2.05, 4.69) is 109 Å². The molecule has 0 fully saturated rings. The molecule has 2 heterocycles. The van der Waals surface area contributed by atoms with Gasteiger partial charge in [0.2, 0.25) is 0 Å². The van der Waals surface area contributed by atoms with Crippen molar-refractivity contribution in [2.75, 3.05) is 0 Å². The van der Waals surface area contributed by atoms with Gasteiger partial charge in [-0.3, -0.25) is 0 Å². The van der Waals surface area contributed by atoms with Gasteiger partial charge < -0.3 is 8.98 Å². The van der Waals surface area contributed by atoms with Crippen molar-refractivity contribution in [3.05, 3.63) is 194 Å². The summed E-state index contributed by atoms with van der Waals surface area (Å²) in [4.78, 5) is 5.36. The van der Waals surface area contributed by atoms with Crippen LogP contribution < -0.4 is 15.9 Å². The second-order valence-corrected chi connectivity index (χ2v) is 16.2. The molecule has 0 aliphatic rings. The third kappa shape index (κ3) is 5.20. The Hall–Kier alpha value is -6.54. The minimum atomic E-state index is -3.12. The SMILES string of the molecule is O=P(c1ccccc1)(c1ccccc1)c1cccc(-c2cccc(-c3ccc4c(c3)nc(-c3cccc5ccccc35)c3oc5ccccc5c34)c2)c1. The number of benzene rings is 8. The number of nitrogens with zero attached hydrogens (tertiary/aromatic N) is 1. The van der Waals surface area contributed by atoms with Gasteiger partial charge in [0.05, 0.1) is 5.52 Å². The quantitative estimate of drug-likeness (QED) is 0.162. The van der Waals surface area contributed by atoms with Gasteiger partial charge in [-0.25, -0.2) is 4.98 Å². The molecule has 10 rings (SSSR count). The molecule has 0 aliphatic carbocycles. The molecular formula is C49H32NO2P. The zero-order valence-electron chi connectivity index (χ0n) is 28.7. The zero-order valence-corrected chi connectivity index (χ0v) is 29.6. The maximum atomic E-state index is 15.2. The van der Waals surface area contributed by atoms with E-state index in [1.165, 1.54) is 0 Å². The van der Waals surface area contributed by atoms with E-state index in [0.717, 1.165) is 93.0 Å². The van der Waals surface area contributed by atoms with Gasteiger partial charge in [0.15, 0.2) is 12.7 Å². The van der Waals surface area contributed by atoms with Gasteiger partial charge in [0.25, 0.3) is 0 Å². The monoisotopic (exact) mass is 697 g/mol. The molecule has 4 heteroatoms. The van der Waals surface area contributed by atoms with E-state index in [4.69, 9.17) is 9.40 Å². The molecule has 0 bridgehead atoms. The van der Waals surface area contributed by atoms with Crippen LogP contribution in [0.2, 0.25) is 0 Å². The molecule has 0 radical (unpaired) electrons. The van der Waals surface area contributed by atoms with Crippen molar-refractivity contribution in [3.63, 3.8) is 0 Å². The Kier molecular flexibility index (Phi) is 7.42. The van der Waals surface area contributed by atoms with Gasteiger partial charge in [-0.1, -0.05) is 170 Å². The summed E-state index contributed by atoms with van der Waals surface area (Å²) in [7, 11) is -3.12. The molecule has 0 N–H and O–H groups in total. The van der Waals surface area contributed by atoms with Crippen molar-refractivity contribution >= 4 is 66.7 Å². The Balaban J connectivity index is 1.12. The molecule has 8 aromatic carbocycles. The first-order valence-corrected chi connectivity index (χ1v) is 19.5. The predicted octanol–water partition coefficient (Wildman–Crippen LogP) is 11.9. The first-order chi connectivity index (χ1) is 26.1. The van der Waals surface area contributed by atoms with E-state index in [-0.39, 0.29) is 0 Å². The van der Waals surface area contributed by atoms with Gasteiger partial charge in [0.1, 0.15) is 11.3 Å². The van der Waals surface area contributed by atoms with Crippen molar-refractivity contribution in [1.29, 1.82) is 0 Å². The highest BCUT2D eigenvalue weighted by Gasteiger charge is 2.30. The molecule has 0 atom stereocenters. The Bertz CT molecular complexity index is 2990. The van der Waals surface area contributed by atoms with Crippen molar-refractivity contribution in [3.8, 4) is 33.5 Å². The van der Waals surface area contributed by atoms with Gasteiger partial charge in [-0.15, -0.1) is 0 Å². The van der Waals surface area contributed by atoms with E-state index in [0.29, 0.717) is 0 Å². The largest absolute Gasteiger partial charge is 0.454 e. The lowest BCUT2D eigenvalue weighted by molar-refractivity contribution is 0.592. The van der Waals surface area contributed by atoms with Crippen LogP contribution in [0.4, 0.5) is 0 Å². The molecule has 0 saturated carbocycles. The fourth-order valence-electron chi connectivity index (χ4n) is 7.76. The first kappa shape index (κ1) is 31.2. The van der Waals surface area contributed by atoms with Crippen LogP contribution >= 0.6 is 7.14 Å². The summed E-state index contributed by atoms with van der Waals surface area (Å²) >= 11 is 0. The molecule has 53 heavy (non-hydrogen) atoms. The molecule has 0 saturated heterocycles. The van der Waals surface area contributed by atoms with E-state index < -0.39 is 7.14 Å². The zero-order chi connectivity index (χ0) is 35.4. The van der Waals surface area contributed by atoms with Crippen LogP contribution in [0.3, 0.4) is 0 Å². The molecule has 0 aliphatic heterocycles. The molecular weight excluding hydrogens is 666 g/mol. The summed E-state index contributed by atoms with van der Waals surface area (Å²) in [5.41, 5.74) is 8.65. The van der Waals surface area contributed by atoms with E-state index in [1.54, 1.807) is 0 Å². The number of hydrogen-bond donors (Lipinski definition) is 0. The number of hydrogen-bond acceptors (Lipinski definition) is 3. The number of aromatic nitrogens is 1. The second-order valence-electron chi connectivity index (χ2n) is 13.4. The van der Waals surface area contributed by atoms with Crippen LogP contribution in [-0.2, 0) is 4.57 Å². The maximum Gasteiger partial charge on any atom is 0.171 e. The average molecular weight is 698 g/mol. The van der Waals surface area contributed by atoms with Crippen LogP contribution in [0, 0.1) is 0 Å². The van der Waals surface area contributed by atoms with E-state index in [9.17, 15) is 0 Å². The van der Waals surface area contributed by atoms with E-state index >= 15 is 4.57 Å². The molecule has 3 nitrogen and oxygen atoms in total. The summed E-state index contributed by atoms with van der Waals surface area (Å²) < 4.78 is 21.7. The number of furan rings is 1. The normalized spacial score (nSPS) is 11.8. The molecule has 10 aromatic rings. The van der Waals surface area contributed by atoms with Gasteiger partial charge in [-0.2, -0.15) is 0 Å². The molecule has 2 aromatic heterocycles. The Morgan fingerprint density at radius 3 is 1.75 bits per heavy atom. The molecule has 250 valence electrons. The summed E-state index contributed by atoms with van der Waals surface area (Å²) in [6, 6.07) is 66.0. The Morgan fingerprint density at radius 1 is 0.434 bits per heavy atom. The number of para-hydroxylation sites is 1. The lowest BCUT2D eigenvalue weighted by atomic mass is 9.96. The number of rotatable bonds is 6. The summed E-state index contributed by atoms with van der Waals surface area (Å²) in [6.45, 7) is 0. The highest BCUT2D eigenvalue weighted by Crippen LogP contribution is 2.44. The lowest BCUT2D eigenvalue weighted by Gasteiger charge is -2.20. The standard InChI is InChI=1S/C49H32NO2P/c51-53(38-19-3-1-4-20-38,39-21-5-2-6-22-39)40-23-12-18-36(31-40)34-16-11-17-35(30-34)37-28-29-43-45(32-37)50-48(42-26-13-15-33-14-7-8-24-41(33)42)49-47(43)44-25-9-10-27-46(44)52-49/h1-32H. The first-order valence-electron chi connectivity index (χ1n) is 17.8. The van der Waals surface area contributed by atoms with Gasteiger partial charge in [0, 0.05) is 37.6 Å². The van der Waals surface area contributed by atoms with Crippen molar-refractivity contribution in [2.24, 2.45) is 0 Å². The lowest BCUT2D eigenvalue weighted by Crippen LogP contribution is -2.25. The maximum absolute atomic E-state index is 15.2. The third-order valence-electron chi connectivity index (χ3n) is 10.3. The van der Waals surface area contributed by atoms with Crippen LogP contribution in [0.25, 0.3) is 77.1 Å². The minimum Gasteiger partial charge on any atom is -0.454 e. The Morgan fingerprint density at radius 2 is 1.00 bits per heavy atom. The number of pyridine rings is 1. The highest BCUT2D eigenvalue weighted by atomic mass is 31.2. The second kappa shape index (κ2) is 12.6.